The van der Waals surface area contributed by atoms with Gasteiger partial charge in [0.15, 0.2) is 0 Å². The van der Waals surface area contributed by atoms with E-state index in [4.69, 9.17) is 4.74 Å². The van der Waals surface area contributed by atoms with Crippen molar-refractivity contribution in [2.24, 2.45) is 7.05 Å². The molecule has 2 saturated heterocycles. The van der Waals surface area contributed by atoms with Crippen molar-refractivity contribution in [2.75, 3.05) is 32.8 Å². The maximum absolute atomic E-state index is 12.8. The minimum atomic E-state index is -0.611. The number of ether oxygens (including phenoxy) is 1. The molecule has 3 aliphatic rings. The summed E-state index contributed by atoms with van der Waals surface area (Å²) in [5.74, 6) is -0.0290. The fraction of sp³-hybridized carbons (Fsp3) is 0.667. The van der Waals surface area contributed by atoms with Gasteiger partial charge < -0.3 is 14.6 Å². The van der Waals surface area contributed by atoms with Crippen LogP contribution in [0.25, 0.3) is 0 Å². The number of morpholine rings is 1. The van der Waals surface area contributed by atoms with Gasteiger partial charge in [0.25, 0.3) is 5.91 Å². The van der Waals surface area contributed by atoms with Gasteiger partial charge in [0, 0.05) is 38.6 Å². The van der Waals surface area contributed by atoms with E-state index in [0.29, 0.717) is 26.3 Å². The van der Waals surface area contributed by atoms with Crippen molar-refractivity contribution in [3.8, 4) is 0 Å². The molecule has 2 aliphatic heterocycles. The molecule has 1 unspecified atom stereocenters. The molecule has 0 aromatic carbocycles. The lowest BCUT2D eigenvalue weighted by Gasteiger charge is -2.36. The number of aromatic nitrogens is 1. The molecule has 0 bridgehead atoms. The van der Waals surface area contributed by atoms with Gasteiger partial charge in [-0.3, -0.25) is 14.6 Å². The van der Waals surface area contributed by atoms with Crippen molar-refractivity contribution < 1.29 is 14.3 Å². The number of hydrogen-bond donors (Lipinski definition) is 1. The number of nitrogens with zero attached hydrogens (tertiary/aromatic N) is 3. The SMILES string of the molecule is Cn1cccc1C1COCCN1CCN1C(=O)NC2(CCCC2)C1=O. The predicted molar refractivity (Wildman–Crippen MR) is 92.0 cm³/mol. The van der Waals surface area contributed by atoms with Crippen LogP contribution in [0.1, 0.15) is 37.4 Å². The minimum Gasteiger partial charge on any atom is -0.378 e. The number of urea groups is 1. The average molecular weight is 346 g/mol. The van der Waals surface area contributed by atoms with Gasteiger partial charge in [-0.25, -0.2) is 4.79 Å². The van der Waals surface area contributed by atoms with Crippen LogP contribution in [0.5, 0.6) is 0 Å². The molecule has 3 amide bonds. The van der Waals surface area contributed by atoms with Crippen LogP contribution >= 0.6 is 0 Å². The van der Waals surface area contributed by atoms with Crippen LogP contribution in [-0.4, -0.2) is 64.7 Å². The van der Waals surface area contributed by atoms with Crippen molar-refractivity contribution in [3.63, 3.8) is 0 Å². The van der Waals surface area contributed by atoms with Crippen molar-refractivity contribution in [1.29, 1.82) is 0 Å². The molecule has 1 saturated carbocycles. The second-order valence-electron chi connectivity index (χ2n) is 7.35. The quantitative estimate of drug-likeness (QED) is 0.834. The zero-order valence-electron chi connectivity index (χ0n) is 14.7. The third kappa shape index (κ3) is 2.85. The first-order valence-corrected chi connectivity index (χ1v) is 9.18. The van der Waals surface area contributed by atoms with Crippen LogP contribution in [0.4, 0.5) is 4.79 Å². The van der Waals surface area contributed by atoms with E-state index in [1.165, 1.54) is 10.6 Å². The molecule has 3 fully saturated rings. The highest BCUT2D eigenvalue weighted by Gasteiger charge is 2.52. The number of imide groups is 1. The van der Waals surface area contributed by atoms with Crippen molar-refractivity contribution in [3.05, 3.63) is 24.0 Å². The summed E-state index contributed by atoms with van der Waals surface area (Å²) < 4.78 is 7.77. The zero-order valence-corrected chi connectivity index (χ0v) is 14.7. The van der Waals surface area contributed by atoms with Crippen molar-refractivity contribution in [2.45, 2.75) is 37.3 Å². The van der Waals surface area contributed by atoms with Gasteiger partial charge in [-0.15, -0.1) is 0 Å². The molecule has 1 aliphatic carbocycles. The first-order valence-electron chi connectivity index (χ1n) is 9.18. The topological polar surface area (TPSA) is 66.8 Å². The van der Waals surface area contributed by atoms with Gasteiger partial charge in [0.2, 0.25) is 0 Å². The lowest BCUT2D eigenvalue weighted by Crippen LogP contribution is -2.46. The van der Waals surface area contributed by atoms with E-state index in [-0.39, 0.29) is 18.0 Å². The number of carbonyl (C=O) groups is 2. The Bertz CT molecular complexity index is 665. The monoisotopic (exact) mass is 346 g/mol. The Morgan fingerprint density at radius 2 is 2.08 bits per heavy atom. The molecule has 1 N–H and O–H groups in total. The summed E-state index contributed by atoms with van der Waals surface area (Å²) in [7, 11) is 2.03. The summed E-state index contributed by atoms with van der Waals surface area (Å²) >= 11 is 0. The number of rotatable bonds is 4. The van der Waals surface area contributed by atoms with Crippen LogP contribution in [0.2, 0.25) is 0 Å². The van der Waals surface area contributed by atoms with Crippen molar-refractivity contribution >= 4 is 11.9 Å². The molecule has 1 atom stereocenters. The molecule has 1 aromatic heterocycles. The Hall–Kier alpha value is -1.86. The lowest BCUT2D eigenvalue weighted by atomic mass is 9.98. The normalized spacial score (nSPS) is 26.6. The third-order valence-electron chi connectivity index (χ3n) is 5.88. The smallest absolute Gasteiger partial charge is 0.325 e. The first-order chi connectivity index (χ1) is 12.1. The number of hydrogen-bond acceptors (Lipinski definition) is 4. The second kappa shape index (κ2) is 6.46. The highest BCUT2D eigenvalue weighted by Crippen LogP contribution is 2.35. The van der Waals surface area contributed by atoms with Gasteiger partial charge in [-0.1, -0.05) is 12.8 Å². The second-order valence-corrected chi connectivity index (χ2v) is 7.35. The zero-order chi connectivity index (χ0) is 17.4. The maximum Gasteiger partial charge on any atom is 0.325 e. The largest absolute Gasteiger partial charge is 0.378 e. The fourth-order valence-corrected chi connectivity index (χ4v) is 4.42. The molecule has 1 spiro atoms. The fourth-order valence-electron chi connectivity index (χ4n) is 4.42. The molecule has 7 heteroatoms. The molecule has 4 rings (SSSR count). The van der Waals surface area contributed by atoms with E-state index < -0.39 is 5.54 Å². The summed E-state index contributed by atoms with van der Waals surface area (Å²) in [5, 5.41) is 2.95. The van der Waals surface area contributed by atoms with Crippen molar-refractivity contribution in [1.82, 2.24) is 19.7 Å². The summed E-state index contributed by atoms with van der Waals surface area (Å²) in [6.07, 6.45) is 5.61. The average Bonchev–Trinajstić information content (AvgIpc) is 3.29. The van der Waals surface area contributed by atoms with Crippen LogP contribution in [-0.2, 0) is 16.6 Å². The van der Waals surface area contributed by atoms with E-state index in [9.17, 15) is 9.59 Å². The van der Waals surface area contributed by atoms with E-state index in [1.54, 1.807) is 0 Å². The Labute approximate surface area is 147 Å². The summed E-state index contributed by atoms with van der Waals surface area (Å²) in [6.45, 7) is 3.25. The van der Waals surface area contributed by atoms with E-state index in [2.05, 4.69) is 20.9 Å². The van der Waals surface area contributed by atoms with Crippen LogP contribution in [0, 0.1) is 0 Å². The molecule has 7 nitrogen and oxygen atoms in total. The maximum atomic E-state index is 12.8. The predicted octanol–water partition coefficient (Wildman–Crippen LogP) is 1.26. The molecule has 3 heterocycles. The third-order valence-corrected chi connectivity index (χ3v) is 5.88. The number of aryl methyl sites for hydroxylation is 1. The number of amides is 3. The highest BCUT2D eigenvalue weighted by atomic mass is 16.5. The van der Waals surface area contributed by atoms with Gasteiger partial charge in [-0.2, -0.15) is 0 Å². The molecule has 136 valence electrons. The molecule has 0 radical (unpaired) electrons. The summed E-state index contributed by atoms with van der Waals surface area (Å²) in [5.41, 5.74) is 0.587. The van der Waals surface area contributed by atoms with E-state index >= 15 is 0 Å². The van der Waals surface area contributed by atoms with Gasteiger partial charge in [0.05, 0.1) is 19.3 Å². The van der Waals surface area contributed by atoms with Crippen LogP contribution < -0.4 is 5.32 Å². The van der Waals surface area contributed by atoms with Gasteiger partial charge in [0.1, 0.15) is 5.54 Å². The van der Waals surface area contributed by atoms with Crippen LogP contribution in [0.15, 0.2) is 18.3 Å². The standard InChI is InChI=1S/C18H26N4O3/c1-20-8-4-5-14(20)15-13-25-12-11-21(15)9-10-22-16(23)18(19-17(22)24)6-2-3-7-18/h4-5,8,15H,2-3,6-7,9-13H2,1H3,(H,19,24). The van der Waals surface area contributed by atoms with Crippen LogP contribution in [0.3, 0.4) is 0 Å². The Morgan fingerprint density at radius 3 is 2.80 bits per heavy atom. The number of nitrogens with one attached hydrogen (secondary N) is 1. The molecular weight excluding hydrogens is 320 g/mol. The van der Waals surface area contributed by atoms with Gasteiger partial charge in [-0.05, 0) is 25.0 Å². The summed E-state index contributed by atoms with van der Waals surface area (Å²) in [4.78, 5) is 28.8. The number of carbonyl (C=O) groups excluding carboxylic acids is 2. The summed E-state index contributed by atoms with van der Waals surface area (Å²) in [6, 6.07) is 4.07. The lowest BCUT2D eigenvalue weighted by molar-refractivity contribution is -0.131. The molecule has 25 heavy (non-hydrogen) atoms. The minimum absolute atomic E-state index is 0.0290. The highest BCUT2D eigenvalue weighted by molar-refractivity contribution is 6.07. The first kappa shape index (κ1) is 16.6. The molecular formula is C18H26N4O3. The van der Waals surface area contributed by atoms with Gasteiger partial charge >= 0.3 is 6.03 Å². The molecule has 1 aromatic rings. The Kier molecular flexibility index (Phi) is 4.29. The Morgan fingerprint density at radius 1 is 1.28 bits per heavy atom. The Balaban J connectivity index is 1.44. The van der Waals surface area contributed by atoms with E-state index in [1.807, 2.05) is 19.3 Å². The van der Waals surface area contributed by atoms with E-state index in [0.717, 1.165) is 32.2 Å².